The Morgan fingerprint density at radius 2 is 1.96 bits per heavy atom. The minimum Gasteiger partial charge on any atom is -0.311 e. The molecule has 1 saturated heterocycles. The highest BCUT2D eigenvalue weighted by atomic mass is 79.9. The smallest absolute Gasteiger partial charge is 0.244 e. The number of hydrogen-bond donors (Lipinski definition) is 0. The molecule has 24 heavy (non-hydrogen) atoms. The molecule has 1 unspecified atom stereocenters. The van der Waals surface area contributed by atoms with Crippen molar-refractivity contribution in [3.05, 3.63) is 64.1 Å². The number of halogens is 1. The van der Waals surface area contributed by atoms with Crippen LogP contribution in [0.1, 0.15) is 17.5 Å². The minimum atomic E-state index is -0.118. The maximum absolute atomic E-state index is 12.8. The summed E-state index contributed by atoms with van der Waals surface area (Å²) in [5, 5.41) is 8.88. The topological polar surface area (TPSA) is 47.3 Å². The minimum absolute atomic E-state index is 0.118. The summed E-state index contributed by atoms with van der Waals surface area (Å²) in [5.41, 5.74) is 2.63. The van der Waals surface area contributed by atoms with Crippen LogP contribution in [-0.2, 0) is 11.3 Å². The number of carbonyl (C=O) groups excluding carboxylic acids is 1. The lowest BCUT2D eigenvalue weighted by molar-refractivity contribution is -0.121. The molecule has 1 aliphatic rings. The third-order valence-electron chi connectivity index (χ3n) is 4.39. The van der Waals surface area contributed by atoms with Crippen molar-refractivity contribution in [2.75, 3.05) is 18.5 Å². The fourth-order valence-electron chi connectivity index (χ4n) is 3.05. The summed E-state index contributed by atoms with van der Waals surface area (Å²) in [6.07, 6.45) is 0.805. The lowest BCUT2D eigenvalue weighted by Gasteiger charge is -2.24. The Labute approximate surface area is 150 Å². The van der Waals surface area contributed by atoms with E-state index >= 15 is 0 Å². The van der Waals surface area contributed by atoms with E-state index in [0.717, 1.165) is 23.1 Å². The van der Waals surface area contributed by atoms with Crippen LogP contribution in [0.4, 0.5) is 5.69 Å². The highest BCUT2D eigenvalue weighted by molar-refractivity contribution is 9.10. The van der Waals surface area contributed by atoms with Gasteiger partial charge < -0.3 is 4.90 Å². The Bertz CT molecular complexity index is 782. The fourth-order valence-corrected chi connectivity index (χ4v) is 3.46. The van der Waals surface area contributed by atoms with Crippen LogP contribution < -0.4 is 4.90 Å². The maximum Gasteiger partial charge on any atom is 0.244 e. The van der Waals surface area contributed by atoms with Crippen LogP contribution in [-0.4, -0.2) is 30.4 Å². The number of benzene rings is 2. The van der Waals surface area contributed by atoms with Gasteiger partial charge in [0.15, 0.2) is 0 Å². The molecule has 0 saturated carbocycles. The second-order valence-electron chi connectivity index (χ2n) is 5.96. The van der Waals surface area contributed by atoms with Gasteiger partial charge in [0.25, 0.3) is 0 Å². The standard InChI is InChI=1S/C19H18BrN3O/c1-22(13-15-4-2-3-5-17(15)20)18-10-11-23(19(18)24)16-8-6-14(12-21)7-9-16/h2-9,18H,10-11,13H2,1H3. The first-order valence-electron chi connectivity index (χ1n) is 7.85. The van der Waals surface area contributed by atoms with Gasteiger partial charge in [-0.1, -0.05) is 34.1 Å². The summed E-state index contributed by atoms with van der Waals surface area (Å²) in [5.74, 6) is 0.120. The molecule has 0 radical (unpaired) electrons. The van der Waals surface area contributed by atoms with Gasteiger partial charge in [-0.3, -0.25) is 9.69 Å². The summed E-state index contributed by atoms with van der Waals surface area (Å²) in [7, 11) is 1.99. The molecule has 0 spiro atoms. The Kier molecular flexibility index (Phi) is 4.98. The average molecular weight is 384 g/mol. The molecule has 1 fully saturated rings. The van der Waals surface area contributed by atoms with Gasteiger partial charge >= 0.3 is 0 Å². The second kappa shape index (κ2) is 7.16. The molecule has 1 amide bonds. The molecule has 0 aliphatic carbocycles. The zero-order chi connectivity index (χ0) is 17.1. The van der Waals surface area contributed by atoms with Crippen LogP contribution >= 0.6 is 15.9 Å². The summed E-state index contributed by atoms with van der Waals surface area (Å²) < 4.78 is 1.06. The Hall–Kier alpha value is -2.16. The number of likely N-dealkylation sites (N-methyl/N-ethyl adjacent to an activating group) is 1. The molecular formula is C19H18BrN3O. The van der Waals surface area contributed by atoms with Gasteiger partial charge in [-0.2, -0.15) is 5.26 Å². The second-order valence-corrected chi connectivity index (χ2v) is 6.81. The Morgan fingerprint density at radius 1 is 1.25 bits per heavy atom. The van der Waals surface area contributed by atoms with E-state index in [9.17, 15) is 4.79 Å². The average Bonchev–Trinajstić information content (AvgIpc) is 2.98. The van der Waals surface area contributed by atoms with E-state index in [1.165, 1.54) is 5.56 Å². The summed E-state index contributed by atoms with van der Waals surface area (Å²) >= 11 is 3.56. The van der Waals surface area contributed by atoms with E-state index in [0.29, 0.717) is 12.1 Å². The van der Waals surface area contributed by atoms with E-state index in [2.05, 4.69) is 33.0 Å². The number of hydrogen-bond acceptors (Lipinski definition) is 3. The van der Waals surface area contributed by atoms with E-state index in [1.54, 1.807) is 12.1 Å². The zero-order valence-electron chi connectivity index (χ0n) is 13.4. The lowest BCUT2D eigenvalue weighted by Crippen LogP contribution is -2.39. The number of amides is 1. The largest absolute Gasteiger partial charge is 0.311 e. The summed E-state index contributed by atoms with van der Waals surface area (Å²) in [6.45, 7) is 1.43. The molecule has 2 aromatic rings. The molecule has 0 aromatic heterocycles. The van der Waals surface area contributed by atoms with Crippen LogP contribution in [0.3, 0.4) is 0 Å². The lowest BCUT2D eigenvalue weighted by atomic mass is 10.1. The van der Waals surface area contributed by atoms with Crippen LogP contribution in [0.15, 0.2) is 53.0 Å². The van der Waals surface area contributed by atoms with Gasteiger partial charge in [-0.25, -0.2) is 0 Å². The number of rotatable bonds is 4. The summed E-state index contributed by atoms with van der Waals surface area (Å²) in [6, 6.07) is 17.2. The predicted octanol–water partition coefficient (Wildman–Crippen LogP) is 3.56. The van der Waals surface area contributed by atoms with Crippen molar-refractivity contribution in [1.29, 1.82) is 5.26 Å². The first-order chi connectivity index (χ1) is 11.6. The van der Waals surface area contributed by atoms with Crippen molar-refractivity contribution < 1.29 is 4.79 Å². The molecule has 1 heterocycles. The van der Waals surface area contributed by atoms with Crippen LogP contribution in [0.5, 0.6) is 0 Å². The number of anilines is 1. The third-order valence-corrected chi connectivity index (χ3v) is 5.17. The highest BCUT2D eigenvalue weighted by Crippen LogP contribution is 2.26. The number of nitriles is 1. The van der Waals surface area contributed by atoms with E-state index in [-0.39, 0.29) is 11.9 Å². The van der Waals surface area contributed by atoms with Gasteiger partial charge in [0, 0.05) is 23.2 Å². The van der Waals surface area contributed by atoms with Gasteiger partial charge in [0.1, 0.15) is 0 Å². The fraction of sp³-hybridized carbons (Fsp3) is 0.263. The van der Waals surface area contributed by atoms with Crippen molar-refractivity contribution >= 4 is 27.5 Å². The normalized spacial score (nSPS) is 17.3. The molecular weight excluding hydrogens is 366 g/mol. The molecule has 0 bridgehead atoms. The molecule has 1 aliphatic heterocycles. The zero-order valence-corrected chi connectivity index (χ0v) is 15.0. The molecule has 122 valence electrons. The van der Waals surface area contributed by atoms with Crippen molar-refractivity contribution in [3.63, 3.8) is 0 Å². The SMILES string of the molecule is CN(Cc1ccccc1Br)C1CCN(c2ccc(C#N)cc2)C1=O. The highest BCUT2D eigenvalue weighted by Gasteiger charge is 2.35. The monoisotopic (exact) mass is 383 g/mol. The van der Waals surface area contributed by atoms with Crippen LogP contribution in [0.2, 0.25) is 0 Å². The number of carbonyl (C=O) groups is 1. The van der Waals surface area contributed by atoms with E-state index in [4.69, 9.17) is 5.26 Å². The van der Waals surface area contributed by atoms with Gasteiger partial charge in [0.2, 0.25) is 5.91 Å². The number of nitrogens with zero attached hydrogens (tertiary/aromatic N) is 3. The van der Waals surface area contributed by atoms with Crippen LogP contribution in [0.25, 0.3) is 0 Å². The van der Waals surface area contributed by atoms with E-state index in [1.807, 2.05) is 42.3 Å². The third kappa shape index (κ3) is 3.35. The quantitative estimate of drug-likeness (QED) is 0.810. The Balaban J connectivity index is 1.71. The molecule has 0 N–H and O–H groups in total. The molecule has 2 aromatic carbocycles. The van der Waals surface area contributed by atoms with Gasteiger partial charge in [-0.15, -0.1) is 0 Å². The maximum atomic E-state index is 12.8. The van der Waals surface area contributed by atoms with Crippen molar-refractivity contribution in [3.8, 4) is 6.07 Å². The predicted molar refractivity (Wildman–Crippen MR) is 97.5 cm³/mol. The van der Waals surface area contributed by atoms with Crippen molar-refractivity contribution in [2.24, 2.45) is 0 Å². The van der Waals surface area contributed by atoms with Crippen molar-refractivity contribution in [2.45, 2.75) is 19.0 Å². The first kappa shape index (κ1) is 16.7. The van der Waals surface area contributed by atoms with Crippen molar-refractivity contribution in [1.82, 2.24) is 4.90 Å². The van der Waals surface area contributed by atoms with Gasteiger partial charge in [-0.05, 0) is 49.4 Å². The first-order valence-corrected chi connectivity index (χ1v) is 8.64. The van der Waals surface area contributed by atoms with E-state index < -0.39 is 0 Å². The molecule has 3 rings (SSSR count). The molecule has 1 atom stereocenters. The Morgan fingerprint density at radius 3 is 2.62 bits per heavy atom. The summed E-state index contributed by atoms with van der Waals surface area (Å²) in [4.78, 5) is 16.7. The van der Waals surface area contributed by atoms with Crippen LogP contribution in [0, 0.1) is 11.3 Å². The molecule has 4 nitrogen and oxygen atoms in total. The molecule has 5 heteroatoms. The van der Waals surface area contributed by atoms with Gasteiger partial charge in [0.05, 0.1) is 17.7 Å².